The first kappa shape index (κ1) is 20.3. The fourth-order valence-corrected chi connectivity index (χ4v) is 3.86. The van der Waals surface area contributed by atoms with Crippen molar-refractivity contribution >= 4 is 29.5 Å². The Morgan fingerprint density at radius 2 is 1.85 bits per heavy atom. The summed E-state index contributed by atoms with van der Waals surface area (Å²) >= 11 is 1.32. The Balaban J connectivity index is 2.03. The van der Waals surface area contributed by atoms with E-state index in [2.05, 4.69) is 5.32 Å². The number of carbonyl (C=O) groups is 3. The zero-order valence-corrected chi connectivity index (χ0v) is 16.1. The van der Waals surface area contributed by atoms with Gasteiger partial charge >= 0.3 is 5.97 Å². The fourth-order valence-electron chi connectivity index (χ4n) is 2.91. The van der Waals surface area contributed by atoms with E-state index in [-0.39, 0.29) is 17.6 Å². The molecule has 6 nitrogen and oxygen atoms in total. The molecular weight excluding hydrogens is 352 g/mol. The van der Waals surface area contributed by atoms with Crippen molar-refractivity contribution in [1.82, 2.24) is 10.2 Å². The van der Waals surface area contributed by atoms with Gasteiger partial charge < -0.3 is 15.3 Å². The molecule has 0 aromatic heterocycles. The number of carboxylic acid groups (broad SMARTS) is 1. The molecule has 7 heteroatoms. The minimum absolute atomic E-state index is 0.0749. The largest absolute Gasteiger partial charge is 0.480 e. The van der Waals surface area contributed by atoms with E-state index in [0.717, 1.165) is 25.9 Å². The van der Waals surface area contributed by atoms with Crippen LogP contribution in [0.4, 0.5) is 0 Å². The lowest BCUT2D eigenvalue weighted by Crippen LogP contribution is -2.41. The number of likely N-dealkylation sites (tertiary alicyclic amines) is 1. The highest BCUT2D eigenvalue weighted by Gasteiger charge is 2.24. The highest BCUT2D eigenvalue weighted by atomic mass is 32.2. The van der Waals surface area contributed by atoms with Crippen molar-refractivity contribution in [1.29, 1.82) is 0 Å². The quantitative estimate of drug-likeness (QED) is 0.679. The minimum atomic E-state index is -1.04. The predicted molar refractivity (Wildman–Crippen MR) is 101 cm³/mol. The van der Waals surface area contributed by atoms with Crippen LogP contribution < -0.4 is 5.32 Å². The number of thioether (sulfide) groups is 1. The molecule has 0 aliphatic carbocycles. The molecule has 1 aliphatic heterocycles. The van der Waals surface area contributed by atoms with Gasteiger partial charge in [0.15, 0.2) is 0 Å². The van der Waals surface area contributed by atoms with Crippen LogP contribution in [0.2, 0.25) is 0 Å². The number of hydrogen-bond donors (Lipinski definition) is 2. The zero-order valence-electron chi connectivity index (χ0n) is 15.2. The summed E-state index contributed by atoms with van der Waals surface area (Å²) in [5.41, 5.74) is 0.404. The highest BCUT2D eigenvalue weighted by Crippen LogP contribution is 2.24. The lowest BCUT2D eigenvalue weighted by molar-refractivity contribution is -0.139. The summed E-state index contributed by atoms with van der Waals surface area (Å²) in [5, 5.41) is 11.9. The summed E-state index contributed by atoms with van der Waals surface area (Å²) in [7, 11) is 0. The van der Waals surface area contributed by atoms with Crippen LogP contribution in [0.1, 0.15) is 43.5 Å². The average Bonchev–Trinajstić information content (AvgIpc) is 3.13. The standard InChI is InChI=1S/C19H26N2O4S/c1-13(2)11-15(19(24)25)20-18(23)14-7-3-4-8-16(14)26-12-17(22)21-9-5-6-10-21/h3-4,7-8,13,15H,5-6,9-12H2,1-2H3,(H,20,23)(H,24,25)/t15-/m1/s1. The SMILES string of the molecule is CC(C)C[C@@H](NC(=O)c1ccccc1SCC(=O)N1CCCC1)C(=O)O. The van der Waals surface area contributed by atoms with Crippen LogP contribution in [0.15, 0.2) is 29.2 Å². The molecule has 142 valence electrons. The molecule has 26 heavy (non-hydrogen) atoms. The van der Waals surface area contributed by atoms with Gasteiger partial charge in [0.2, 0.25) is 5.91 Å². The molecular formula is C19H26N2O4S. The third kappa shape index (κ3) is 5.76. The molecule has 1 aromatic rings. The minimum Gasteiger partial charge on any atom is -0.480 e. The van der Waals surface area contributed by atoms with Crippen LogP contribution in [-0.4, -0.2) is 52.7 Å². The van der Waals surface area contributed by atoms with Gasteiger partial charge in [-0.1, -0.05) is 26.0 Å². The number of hydrogen-bond acceptors (Lipinski definition) is 4. The van der Waals surface area contributed by atoms with Crippen molar-refractivity contribution in [2.75, 3.05) is 18.8 Å². The average molecular weight is 378 g/mol. The number of rotatable bonds is 8. The molecule has 1 saturated heterocycles. The van der Waals surface area contributed by atoms with Crippen LogP contribution in [0, 0.1) is 5.92 Å². The van der Waals surface area contributed by atoms with Crippen molar-refractivity contribution in [3.05, 3.63) is 29.8 Å². The van der Waals surface area contributed by atoms with Crippen molar-refractivity contribution in [3.8, 4) is 0 Å². The molecule has 1 aliphatic rings. The number of nitrogens with one attached hydrogen (secondary N) is 1. The maximum atomic E-state index is 12.6. The summed E-state index contributed by atoms with van der Waals surface area (Å²) in [4.78, 5) is 38.7. The highest BCUT2D eigenvalue weighted by molar-refractivity contribution is 8.00. The summed E-state index contributed by atoms with van der Waals surface area (Å²) in [5.74, 6) is -0.959. The molecule has 2 rings (SSSR count). The van der Waals surface area contributed by atoms with Crippen LogP contribution in [0.3, 0.4) is 0 Å². The lowest BCUT2D eigenvalue weighted by Gasteiger charge is -2.18. The monoisotopic (exact) mass is 378 g/mol. The normalized spacial score (nSPS) is 15.1. The molecule has 0 bridgehead atoms. The number of carboxylic acids is 1. The van der Waals surface area contributed by atoms with Gasteiger partial charge in [-0.3, -0.25) is 9.59 Å². The molecule has 1 atom stereocenters. The second-order valence-corrected chi connectivity index (χ2v) is 7.88. The van der Waals surface area contributed by atoms with Gasteiger partial charge in [-0.05, 0) is 37.3 Å². The number of amides is 2. The number of benzene rings is 1. The van der Waals surface area contributed by atoms with Crippen LogP contribution in [0.5, 0.6) is 0 Å². The van der Waals surface area contributed by atoms with E-state index in [0.29, 0.717) is 16.9 Å². The third-order valence-corrected chi connectivity index (χ3v) is 5.31. The van der Waals surface area contributed by atoms with Gasteiger partial charge in [-0.2, -0.15) is 0 Å². The van der Waals surface area contributed by atoms with E-state index in [1.54, 1.807) is 18.2 Å². The lowest BCUT2D eigenvalue weighted by atomic mass is 10.0. The molecule has 2 N–H and O–H groups in total. The van der Waals surface area contributed by atoms with E-state index in [9.17, 15) is 19.5 Å². The molecule has 1 fully saturated rings. The Morgan fingerprint density at radius 1 is 1.19 bits per heavy atom. The van der Waals surface area contributed by atoms with Crippen molar-refractivity contribution in [2.45, 2.75) is 44.0 Å². The Hall–Kier alpha value is -2.02. The van der Waals surface area contributed by atoms with Crippen LogP contribution in [-0.2, 0) is 9.59 Å². The van der Waals surface area contributed by atoms with Crippen molar-refractivity contribution in [2.24, 2.45) is 5.92 Å². The molecule has 0 radical (unpaired) electrons. The number of carbonyl (C=O) groups excluding carboxylic acids is 2. The van der Waals surface area contributed by atoms with Crippen molar-refractivity contribution in [3.63, 3.8) is 0 Å². The van der Waals surface area contributed by atoms with Gasteiger partial charge in [0.1, 0.15) is 6.04 Å². The zero-order chi connectivity index (χ0) is 19.1. The van der Waals surface area contributed by atoms with Gasteiger partial charge in [-0.25, -0.2) is 4.79 Å². The van der Waals surface area contributed by atoms with Gasteiger partial charge in [0.25, 0.3) is 5.91 Å². The van der Waals surface area contributed by atoms with Gasteiger partial charge in [0, 0.05) is 18.0 Å². The summed E-state index contributed by atoms with van der Waals surface area (Å²) < 4.78 is 0. The van der Waals surface area contributed by atoms with Crippen molar-refractivity contribution < 1.29 is 19.5 Å². The Labute approximate surface area is 158 Å². The Morgan fingerprint density at radius 3 is 2.46 bits per heavy atom. The first-order valence-electron chi connectivity index (χ1n) is 8.91. The Bertz CT molecular complexity index is 657. The summed E-state index contributed by atoms with van der Waals surface area (Å²) in [6.07, 6.45) is 2.45. The van der Waals surface area contributed by atoms with E-state index >= 15 is 0 Å². The maximum Gasteiger partial charge on any atom is 0.326 e. The topological polar surface area (TPSA) is 86.7 Å². The Kier molecular flexibility index (Phi) is 7.50. The second kappa shape index (κ2) is 9.62. The van der Waals surface area contributed by atoms with E-state index in [1.165, 1.54) is 11.8 Å². The van der Waals surface area contributed by atoms with Crippen LogP contribution in [0.25, 0.3) is 0 Å². The third-order valence-electron chi connectivity index (χ3n) is 4.25. The molecule has 1 heterocycles. The molecule has 0 unspecified atom stereocenters. The smallest absolute Gasteiger partial charge is 0.326 e. The summed E-state index contributed by atoms with van der Waals surface area (Å²) in [6.45, 7) is 5.43. The molecule has 0 spiro atoms. The van der Waals surface area contributed by atoms with Gasteiger partial charge in [-0.15, -0.1) is 11.8 Å². The molecule has 1 aromatic carbocycles. The number of nitrogens with zero attached hydrogens (tertiary/aromatic N) is 1. The molecule has 2 amide bonds. The summed E-state index contributed by atoms with van der Waals surface area (Å²) in [6, 6.07) is 6.06. The van der Waals surface area contributed by atoms with Gasteiger partial charge in [0.05, 0.1) is 11.3 Å². The van der Waals surface area contributed by atoms with E-state index in [1.807, 2.05) is 24.8 Å². The molecule has 0 saturated carbocycles. The first-order chi connectivity index (χ1) is 12.4. The predicted octanol–water partition coefficient (Wildman–Crippen LogP) is 2.63. The number of aliphatic carboxylic acids is 1. The maximum absolute atomic E-state index is 12.6. The second-order valence-electron chi connectivity index (χ2n) is 6.87. The fraction of sp³-hybridized carbons (Fsp3) is 0.526. The first-order valence-corrected chi connectivity index (χ1v) is 9.90. The van der Waals surface area contributed by atoms with E-state index < -0.39 is 17.9 Å². The van der Waals surface area contributed by atoms with E-state index in [4.69, 9.17) is 0 Å². The van der Waals surface area contributed by atoms with Crippen LogP contribution >= 0.6 is 11.8 Å².